The van der Waals surface area contributed by atoms with Crippen molar-refractivity contribution in [2.45, 2.75) is 24.1 Å². The quantitative estimate of drug-likeness (QED) is 0.288. The number of thioether (sulfide) groups is 1. The molecule has 1 aromatic heterocycles. The van der Waals surface area contributed by atoms with Crippen LogP contribution in [0, 0.1) is 5.82 Å². The van der Waals surface area contributed by atoms with E-state index in [4.69, 9.17) is 39.5 Å². The molecule has 0 spiro atoms. The van der Waals surface area contributed by atoms with E-state index < -0.39 is 0 Å². The summed E-state index contributed by atoms with van der Waals surface area (Å²) in [6.45, 7) is 4.38. The molecule has 0 saturated carbocycles. The van der Waals surface area contributed by atoms with Crippen molar-refractivity contribution in [3.63, 3.8) is 0 Å². The van der Waals surface area contributed by atoms with Gasteiger partial charge in [0.05, 0.1) is 5.02 Å². The molecule has 3 rings (SSSR count). The third-order valence-corrected chi connectivity index (χ3v) is 5.66. The standard InChI is InChI=1S/C19H15Cl3FN3OS/c1-2-8-26-18(10-27-17-9-12(20)6-7-15(17)22)24-25-19(26)28-11-13-14(21)4-3-5-16(13)23/h2-7,9H,1,8,10-11H2. The van der Waals surface area contributed by atoms with Crippen molar-refractivity contribution < 1.29 is 9.13 Å². The van der Waals surface area contributed by atoms with E-state index >= 15 is 0 Å². The third kappa shape index (κ3) is 5.00. The molecule has 0 aliphatic heterocycles. The Morgan fingerprint density at radius 1 is 1.14 bits per heavy atom. The summed E-state index contributed by atoms with van der Waals surface area (Å²) in [6.07, 6.45) is 1.72. The van der Waals surface area contributed by atoms with Crippen molar-refractivity contribution in [2.75, 3.05) is 0 Å². The molecule has 0 aliphatic carbocycles. The highest BCUT2D eigenvalue weighted by molar-refractivity contribution is 7.98. The molecule has 0 fully saturated rings. The molecule has 2 aromatic carbocycles. The fraction of sp³-hybridized carbons (Fsp3) is 0.158. The number of aromatic nitrogens is 3. The predicted octanol–water partition coefficient (Wildman–Crippen LogP) is 6.43. The summed E-state index contributed by atoms with van der Waals surface area (Å²) >= 11 is 19.5. The maximum absolute atomic E-state index is 14.0. The van der Waals surface area contributed by atoms with Gasteiger partial charge in [-0.25, -0.2) is 4.39 Å². The first-order valence-corrected chi connectivity index (χ1v) is 10.3. The summed E-state index contributed by atoms with van der Waals surface area (Å²) in [5, 5.41) is 10.3. The number of hydrogen-bond acceptors (Lipinski definition) is 4. The molecule has 4 nitrogen and oxygen atoms in total. The molecule has 28 heavy (non-hydrogen) atoms. The smallest absolute Gasteiger partial charge is 0.191 e. The number of halogens is 4. The minimum atomic E-state index is -0.353. The first-order valence-electron chi connectivity index (χ1n) is 8.16. The lowest BCUT2D eigenvalue weighted by molar-refractivity contribution is 0.289. The predicted molar refractivity (Wildman–Crippen MR) is 112 cm³/mol. The van der Waals surface area contributed by atoms with E-state index in [9.17, 15) is 4.39 Å². The second kappa shape index (κ2) is 9.65. The Hall–Kier alpha value is -1.73. The number of ether oxygens (including phenoxy) is 1. The molecule has 3 aromatic rings. The molecule has 0 unspecified atom stereocenters. The molecular weight excluding hydrogens is 444 g/mol. The summed E-state index contributed by atoms with van der Waals surface area (Å²) in [5.74, 6) is 1.00. The fourth-order valence-corrected chi connectivity index (χ4v) is 4.03. The van der Waals surface area contributed by atoms with Gasteiger partial charge in [-0.15, -0.1) is 16.8 Å². The van der Waals surface area contributed by atoms with Crippen molar-refractivity contribution in [3.8, 4) is 5.75 Å². The van der Waals surface area contributed by atoms with Crippen LogP contribution in [0.3, 0.4) is 0 Å². The first kappa shape index (κ1) is 21.0. The van der Waals surface area contributed by atoms with Gasteiger partial charge in [-0.3, -0.25) is 4.57 Å². The van der Waals surface area contributed by atoms with Gasteiger partial charge in [0.15, 0.2) is 11.0 Å². The largest absolute Gasteiger partial charge is 0.484 e. The minimum Gasteiger partial charge on any atom is -0.484 e. The highest BCUT2D eigenvalue weighted by Crippen LogP contribution is 2.30. The van der Waals surface area contributed by atoms with Gasteiger partial charge in [0.2, 0.25) is 0 Å². The lowest BCUT2D eigenvalue weighted by Crippen LogP contribution is -2.07. The van der Waals surface area contributed by atoms with Gasteiger partial charge in [0.1, 0.15) is 18.2 Å². The van der Waals surface area contributed by atoms with Gasteiger partial charge >= 0.3 is 0 Å². The van der Waals surface area contributed by atoms with Crippen LogP contribution in [0.4, 0.5) is 4.39 Å². The van der Waals surface area contributed by atoms with E-state index in [1.165, 1.54) is 17.8 Å². The van der Waals surface area contributed by atoms with Crippen LogP contribution in [0.5, 0.6) is 5.75 Å². The molecule has 0 amide bonds. The maximum Gasteiger partial charge on any atom is 0.191 e. The highest BCUT2D eigenvalue weighted by Gasteiger charge is 2.15. The van der Waals surface area contributed by atoms with E-state index in [1.807, 2.05) is 4.57 Å². The van der Waals surface area contributed by atoms with Gasteiger partial charge in [-0.1, -0.05) is 58.7 Å². The highest BCUT2D eigenvalue weighted by atomic mass is 35.5. The normalized spacial score (nSPS) is 10.9. The summed E-state index contributed by atoms with van der Waals surface area (Å²) in [5.41, 5.74) is 0.422. The van der Waals surface area contributed by atoms with E-state index in [0.29, 0.717) is 49.7 Å². The van der Waals surface area contributed by atoms with E-state index in [0.717, 1.165) is 0 Å². The first-order chi connectivity index (χ1) is 13.5. The van der Waals surface area contributed by atoms with Gasteiger partial charge in [0, 0.05) is 34.0 Å². The van der Waals surface area contributed by atoms with Crippen molar-refractivity contribution in [1.82, 2.24) is 14.8 Å². The summed E-state index contributed by atoms with van der Waals surface area (Å²) in [6, 6.07) is 9.58. The Kier molecular flexibility index (Phi) is 7.24. The summed E-state index contributed by atoms with van der Waals surface area (Å²) in [7, 11) is 0. The van der Waals surface area contributed by atoms with Crippen LogP contribution in [0.1, 0.15) is 11.4 Å². The molecule has 0 bridgehead atoms. The van der Waals surface area contributed by atoms with Crippen LogP contribution in [0.25, 0.3) is 0 Å². The zero-order valence-corrected chi connectivity index (χ0v) is 17.6. The lowest BCUT2D eigenvalue weighted by atomic mass is 10.2. The van der Waals surface area contributed by atoms with E-state index in [2.05, 4.69) is 16.8 Å². The van der Waals surface area contributed by atoms with Gasteiger partial charge in [-0.2, -0.15) is 0 Å². The van der Waals surface area contributed by atoms with Crippen LogP contribution < -0.4 is 4.74 Å². The Balaban J connectivity index is 1.76. The Morgan fingerprint density at radius 2 is 1.96 bits per heavy atom. The average Bonchev–Trinajstić information content (AvgIpc) is 3.04. The van der Waals surface area contributed by atoms with Crippen LogP contribution in [0.2, 0.25) is 15.1 Å². The summed E-state index contributed by atoms with van der Waals surface area (Å²) in [4.78, 5) is 0. The van der Waals surface area contributed by atoms with Crippen LogP contribution in [0.15, 0.2) is 54.2 Å². The zero-order chi connectivity index (χ0) is 20.1. The maximum atomic E-state index is 14.0. The fourth-order valence-electron chi connectivity index (χ4n) is 2.38. The molecule has 146 valence electrons. The Labute approximate surface area is 181 Å². The number of hydrogen-bond donors (Lipinski definition) is 0. The van der Waals surface area contributed by atoms with Crippen molar-refractivity contribution in [3.05, 3.63) is 81.3 Å². The van der Waals surface area contributed by atoms with E-state index in [1.54, 1.807) is 36.4 Å². The third-order valence-electron chi connectivity index (χ3n) is 3.76. The SMILES string of the molecule is C=CCn1c(COc2cc(Cl)ccc2Cl)nnc1SCc1c(F)cccc1Cl. The van der Waals surface area contributed by atoms with Crippen LogP contribution >= 0.6 is 46.6 Å². The van der Waals surface area contributed by atoms with Crippen molar-refractivity contribution in [2.24, 2.45) is 0 Å². The zero-order valence-electron chi connectivity index (χ0n) is 14.5. The number of rotatable bonds is 8. The molecule has 1 heterocycles. The monoisotopic (exact) mass is 457 g/mol. The minimum absolute atomic E-state index is 0.141. The van der Waals surface area contributed by atoms with Gasteiger partial charge in [0.25, 0.3) is 0 Å². The summed E-state index contributed by atoms with van der Waals surface area (Å²) < 4.78 is 21.6. The lowest BCUT2D eigenvalue weighted by Gasteiger charge is -2.11. The molecule has 0 saturated heterocycles. The number of allylic oxidation sites excluding steroid dienone is 1. The number of nitrogens with zero attached hydrogens (tertiary/aromatic N) is 3. The van der Waals surface area contributed by atoms with Crippen molar-refractivity contribution in [1.29, 1.82) is 0 Å². The molecular formula is C19H15Cl3FN3OS. The van der Waals surface area contributed by atoms with Gasteiger partial charge < -0.3 is 4.74 Å². The molecule has 0 atom stereocenters. The van der Waals surface area contributed by atoms with Crippen molar-refractivity contribution >= 4 is 46.6 Å². The second-order valence-electron chi connectivity index (χ2n) is 5.65. The average molecular weight is 459 g/mol. The van der Waals surface area contributed by atoms with Crippen LogP contribution in [-0.2, 0) is 18.9 Å². The van der Waals surface area contributed by atoms with Crippen LogP contribution in [-0.4, -0.2) is 14.8 Å². The topological polar surface area (TPSA) is 39.9 Å². The molecule has 0 radical (unpaired) electrons. The van der Waals surface area contributed by atoms with E-state index in [-0.39, 0.29) is 12.4 Å². The molecule has 0 aliphatic rings. The van der Waals surface area contributed by atoms with Gasteiger partial charge in [-0.05, 0) is 24.3 Å². The number of benzene rings is 2. The Morgan fingerprint density at radius 3 is 2.71 bits per heavy atom. The second-order valence-corrected chi connectivity index (χ2v) is 7.84. The Bertz CT molecular complexity index is 976. The molecule has 0 N–H and O–H groups in total. The molecule has 9 heteroatoms.